The summed E-state index contributed by atoms with van der Waals surface area (Å²) in [6, 6.07) is 0. The molecule has 2 unspecified atom stereocenters. The van der Waals surface area contributed by atoms with E-state index in [2.05, 4.69) is 111 Å². The van der Waals surface area contributed by atoms with Crippen LogP contribution in [-0.2, 0) is 32.7 Å². The van der Waals surface area contributed by atoms with Crippen molar-refractivity contribution in [1.82, 2.24) is 0 Å². The number of esters is 2. The second-order valence-electron chi connectivity index (χ2n) is 22.3. The molecular weight excluding hydrogens is 1030 g/mol. The molecule has 0 saturated carbocycles. The fourth-order valence-corrected chi connectivity index (χ4v) is 10.3. The third-order valence-electron chi connectivity index (χ3n) is 14.5. The van der Waals surface area contributed by atoms with Crippen molar-refractivity contribution in [2.45, 2.75) is 315 Å². The summed E-state index contributed by atoms with van der Waals surface area (Å²) in [5.74, 6) is -0.851. The van der Waals surface area contributed by atoms with E-state index in [1.807, 2.05) is 0 Å². The van der Waals surface area contributed by atoms with Gasteiger partial charge in [-0.2, -0.15) is 0 Å². The average Bonchev–Trinajstić information content (AvgIpc) is 3.46. The molecule has 0 spiro atoms. The lowest BCUT2D eigenvalue weighted by atomic mass is 10.0. The van der Waals surface area contributed by atoms with E-state index >= 15 is 0 Å². The number of allylic oxidation sites excluding steroid dienone is 16. The average molecular weight is 1150 g/mol. The van der Waals surface area contributed by atoms with Gasteiger partial charge in [-0.15, -0.1) is 0 Å². The normalized spacial score (nSPS) is 13.6. The van der Waals surface area contributed by atoms with E-state index in [4.69, 9.17) is 24.3 Å². The fraction of sp³-hybridized carbons (Fsp3) is 0.746. The Balaban J connectivity index is 3.95. The number of carbonyl (C=O) groups excluding carboxylic acids is 2. The van der Waals surface area contributed by atoms with E-state index in [0.29, 0.717) is 6.42 Å². The van der Waals surface area contributed by atoms with Crippen LogP contribution in [0.15, 0.2) is 97.2 Å². The third-order valence-corrected chi connectivity index (χ3v) is 15.5. The summed E-state index contributed by atoms with van der Waals surface area (Å²) in [4.78, 5) is 35.3. The second kappa shape index (κ2) is 66.1. The maximum Gasteiger partial charge on any atom is 0.472 e. The van der Waals surface area contributed by atoms with Crippen LogP contribution in [0.1, 0.15) is 309 Å². The van der Waals surface area contributed by atoms with Gasteiger partial charge in [-0.1, -0.05) is 317 Å². The minimum Gasteiger partial charge on any atom is -0.462 e. The monoisotopic (exact) mass is 1150 g/mol. The van der Waals surface area contributed by atoms with Crippen molar-refractivity contribution in [3.05, 3.63) is 97.2 Å². The summed E-state index contributed by atoms with van der Waals surface area (Å²) in [7, 11) is -4.41. The minimum absolute atomic E-state index is 0.0452. The molecule has 0 aliphatic rings. The van der Waals surface area contributed by atoms with Crippen LogP contribution in [0.3, 0.4) is 0 Å². The molecule has 0 heterocycles. The van der Waals surface area contributed by atoms with Crippen LogP contribution in [0.4, 0.5) is 0 Å². The summed E-state index contributed by atoms with van der Waals surface area (Å²) in [6.07, 6.45) is 89.3. The van der Waals surface area contributed by atoms with Gasteiger partial charge in [-0.05, 0) is 77.0 Å². The molecular formula is C71H126NO8P. The predicted molar refractivity (Wildman–Crippen MR) is 348 cm³/mol. The Kier molecular flexibility index (Phi) is 63.6. The van der Waals surface area contributed by atoms with Gasteiger partial charge in [-0.3, -0.25) is 18.6 Å². The lowest BCUT2D eigenvalue weighted by Crippen LogP contribution is -2.29. The van der Waals surface area contributed by atoms with Crippen LogP contribution in [0, 0.1) is 0 Å². The van der Waals surface area contributed by atoms with Crippen LogP contribution in [0.25, 0.3) is 0 Å². The largest absolute Gasteiger partial charge is 0.472 e. The quantitative estimate of drug-likeness (QED) is 0.0264. The first-order chi connectivity index (χ1) is 39.8. The Morgan fingerprint density at radius 1 is 0.383 bits per heavy atom. The molecule has 0 radical (unpaired) electrons. The summed E-state index contributed by atoms with van der Waals surface area (Å²) < 4.78 is 33.1. The molecule has 0 aromatic carbocycles. The summed E-state index contributed by atoms with van der Waals surface area (Å²) >= 11 is 0. The zero-order chi connectivity index (χ0) is 58.7. The van der Waals surface area contributed by atoms with Crippen LogP contribution >= 0.6 is 7.82 Å². The van der Waals surface area contributed by atoms with E-state index in [-0.39, 0.29) is 38.6 Å². The molecule has 0 aliphatic heterocycles. The number of hydrogen-bond donors (Lipinski definition) is 2. The number of hydrogen-bond acceptors (Lipinski definition) is 8. The lowest BCUT2D eigenvalue weighted by Gasteiger charge is -2.19. The molecule has 0 saturated heterocycles. The maximum absolute atomic E-state index is 12.7. The van der Waals surface area contributed by atoms with Gasteiger partial charge in [0.15, 0.2) is 6.10 Å². The standard InChI is InChI=1S/C71H126NO8P/c1-3-5-7-9-11-13-15-17-19-21-23-25-27-29-31-33-34-36-37-39-41-43-45-47-49-51-53-55-57-59-61-63-70(73)77-67-69(68-79-81(75,76)78-66-65-72)80-71(74)64-62-60-58-56-54-52-50-48-46-44-42-40-38-35-32-30-28-26-24-22-20-18-16-14-12-10-8-6-4-2/h6,8,12,14,18,20,24,26,30,32,38,40,44,46,50,52,69H,3-5,7,9-11,13,15-17,19,21-23,25,27-29,31,33-37,39,41-43,45,47-49,51,53-68,72H2,1-2H3,(H,75,76)/b8-6-,14-12-,20-18-,26-24-,32-30-,40-38-,46-44-,52-50-. The molecule has 0 amide bonds. The topological polar surface area (TPSA) is 134 Å². The Bertz CT molecular complexity index is 1650. The Hall–Kier alpha value is -3.07. The number of nitrogens with two attached hydrogens (primary N) is 1. The lowest BCUT2D eigenvalue weighted by molar-refractivity contribution is -0.161. The number of rotatable bonds is 63. The van der Waals surface area contributed by atoms with E-state index in [0.717, 1.165) is 96.3 Å². The highest BCUT2D eigenvalue weighted by Gasteiger charge is 2.26. The first kappa shape index (κ1) is 77.9. The third kappa shape index (κ3) is 65.9. The number of carbonyl (C=O) groups is 2. The highest BCUT2D eigenvalue weighted by molar-refractivity contribution is 7.47. The maximum atomic E-state index is 12.7. The second-order valence-corrected chi connectivity index (χ2v) is 23.8. The smallest absolute Gasteiger partial charge is 0.462 e. The summed E-state index contributed by atoms with van der Waals surface area (Å²) in [5.41, 5.74) is 5.39. The molecule has 2 atom stereocenters. The zero-order valence-corrected chi connectivity index (χ0v) is 53.4. The SMILES string of the molecule is CC/C=C\C/C=C\C/C=C\C/C=C\C/C=C\C/C=C\C/C=C\C/C=C\CCCCCCC(=O)OC(COC(=O)CCCCCCCCCCCCCCCCCCCCCCCCCCCCCCCCC)COP(=O)(O)OCCN. The number of ether oxygens (including phenoxy) is 2. The van der Waals surface area contributed by atoms with Gasteiger partial charge in [0.2, 0.25) is 0 Å². The number of unbranched alkanes of at least 4 members (excludes halogenated alkanes) is 34. The van der Waals surface area contributed by atoms with Gasteiger partial charge in [0, 0.05) is 19.4 Å². The molecule has 9 nitrogen and oxygen atoms in total. The van der Waals surface area contributed by atoms with E-state index < -0.39 is 26.5 Å². The molecule has 0 aromatic heterocycles. The van der Waals surface area contributed by atoms with Gasteiger partial charge in [0.05, 0.1) is 13.2 Å². The van der Waals surface area contributed by atoms with Crippen molar-refractivity contribution in [3.8, 4) is 0 Å². The van der Waals surface area contributed by atoms with Crippen molar-refractivity contribution in [2.75, 3.05) is 26.4 Å². The molecule has 81 heavy (non-hydrogen) atoms. The van der Waals surface area contributed by atoms with Crippen molar-refractivity contribution in [2.24, 2.45) is 5.73 Å². The number of phosphoric acid groups is 1. The highest BCUT2D eigenvalue weighted by atomic mass is 31.2. The zero-order valence-electron chi connectivity index (χ0n) is 52.5. The predicted octanol–water partition coefficient (Wildman–Crippen LogP) is 22.0. The molecule has 468 valence electrons. The van der Waals surface area contributed by atoms with E-state index in [1.165, 1.54) is 180 Å². The van der Waals surface area contributed by atoms with E-state index in [1.54, 1.807) is 0 Å². The highest BCUT2D eigenvalue weighted by Crippen LogP contribution is 2.43. The molecule has 0 rings (SSSR count). The van der Waals surface area contributed by atoms with Gasteiger partial charge in [0.25, 0.3) is 0 Å². The molecule has 0 aliphatic carbocycles. The Morgan fingerprint density at radius 3 is 1.01 bits per heavy atom. The van der Waals surface area contributed by atoms with Crippen LogP contribution in [-0.4, -0.2) is 49.3 Å². The molecule has 10 heteroatoms. The summed E-state index contributed by atoms with van der Waals surface area (Å²) in [5, 5.41) is 0. The van der Waals surface area contributed by atoms with Crippen LogP contribution < -0.4 is 5.73 Å². The van der Waals surface area contributed by atoms with Gasteiger partial charge in [-0.25, -0.2) is 4.57 Å². The van der Waals surface area contributed by atoms with Crippen molar-refractivity contribution in [1.29, 1.82) is 0 Å². The van der Waals surface area contributed by atoms with E-state index in [9.17, 15) is 19.0 Å². The molecule has 0 fully saturated rings. The van der Waals surface area contributed by atoms with Gasteiger partial charge < -0.3 is 20.1 Å². The Morgan fingerprint density at radius 2 is 0.679 bits per heavy atom. The van der Waals surface area contributed by atoms with Crippen molar-refractivity contribution in [3.63, 3.8) is 0 Å². The summed E-state index contributed by atoms with van der Waals surface area (Å²) in [6.45, 7) is 3.63. The Labute approximate surface area is 499 Å². The number of phosphoric ester groups is 1. The molecule has 3 N–H and O–H groups in total. The van der Waals surface area contributed by atoms with Crippen LogP contribution in [0.2, 0.25) is 0 Å². The fourth-order valence-electron chi connectivity index (χ4n) is 9.54. The molecule has 0 aromatic rings. The first-order valence-corrected chi connectivity index (χ1v) is 35.2. The van der Waals surface area contributed by atoms with Gasteiger partial charge in [0.1, 0.15) is 6.61 Å². The van der Waals surface area contributed by atoms with Crippen molar-refractivity contribution < 1.29 is 37.6 Å². The first-order valence-electron chi connectivity index (χ1n) is 33.7. The van der Waals surface area contributed by atoms with Gasteiger partial charge >= 0.3 is 19.8 Å². The van der Waals surface area contributed by atoms with Crippen LogP contribution in [0.5, 0.6) is 0 Å². The molecule has 0 bridgehead atoms. The minimum atomic E-state index is -4.41. The van der Waals surface area contributed by atoms with Crippen molar-refractivity contribution >= 4 is 19.8 Å².